The van der Waals surface area contributed by atoms with Crippen LogP contribution in [0.5, 0.6) is 0 Å². The molecular weight excluding hydrogens is 342 g/mol. The molecule has 3 nitrogen and oxygen atoms in total. The minimum atomic E-state index is -3.62. The van der Waals surface area contributed by atoms with Crippen LogP contribution >= 0.6 is 0 Å². The van der Waals surface area contributed by atoms with Crippen molar-refractivity contribution in [3.63, 3.8) is 0 Å². The predicted octanol–water partition coefficient (Wildman–Crippen LogP) is 4.88. The number of aryl methyl sites for hydroxylation is 1. The smallest absolute Gasteiger partial charge is 0.199 e. The van der Waals surface area contributed by atoms with Crippen LogP contribution in [0.4, 0.5) is 0 Å². The van der Waals surface area contributed by atoms with Gasteiger partial charge in [-0.05, 0) is 49.3 Å². The van der Waals surface area contributed by atoms with E-state index in [-0.39, 0.29) is 10.3 Å². The van der Waals surface area contributed by atoms with Crippen molar-refractivity contribution in [3.8, 4) is 0 Å². The Labute approximate surface area is 155 Å². The van der Waals surface area contributed by atoms with E-state index in [9.17, 15) is 8.42 Å². The summed E-state index contributed by atoms with van der Waals surface area (Å²) in [5, 5.41) is 0. The monoisotopic (exact) mass is 365 g/mol. The van der Waals surface area contributed by atoms with Crippen LogP contribution in [0.1, 0.15) is 30.4 Å². The first-order valence-electron chi connectivity index (χ1n) is 9.13. The van der Waals surface area contributed by atoms with Gasteiger partial charge in [0.25, 0.3) is 10.0 Å². The summed E-state index contributed by atoms with van der Waals surface area (Å²) in [5.74, 6) is 0.924. The fraction of sp³-hybridized carbons (Fsp3) is 0.318. The summed E-state index contributed by atoms with van der Waals surface area (Å²) >= 11 is 0. The van der Waals surface area contributed by atoms with Crippen molar-refractivity contribution >= 4 is 22.3 Å². The standard InChI is InChI=1S/C22H23NO2S/c1-17-9-12-19(13-10-17)26(24,25)23-16-22-15-5-8-20(22)21(22)14-11-18-6-3-2-4-7-18/h2-4,6-7,9-14,16,20-21H,5,8,15H2,1H3/b14-11+,23-16+/t20-,21+,22+/m0/s1. The van der Waals surface area contributed by atoms with Crippen molar-refractivity contribution in [2.24, 2.45) is 21.6 Å². The molecule has 134 valence electrons. The number of rotatable bonds is 5. The molecule has 26 heavy (non-hydrogen) atoms. The van der Waals surface area contributed by atoms with Gasteiger partial charge >= 0.3 is 0 Å². The average Bonchev–Trinajstić information content (AvgIpc) is 3.02. The molecule has 0 unspecified atom stereocenters. The highest BCUT2D eigenvalue weighted by atomic mass is 32.2. The third kappa shape index (κ3) is 3.14. The van der Waals surface area contributed by atoms with Crippen LogP contribution in [0, 0.1) is 24.2 Å². The molecule has 2 aliphatic carbocycles. The van der Waals surface area contributed by atoms with Gasteiger partial charge in [-0.2, -0.15) is 12.8 Å². The van der Waals surface area contributed by atoms with E-state index in [4.69, 9.17) is 0 Å². The Morgan fingerprint density at radius 2 is 1.81 bits per heavy atom. The zero-order valence-corrected chi connectivity index (χ0v) is 15.7. The lowest BCUT2D eigenvalue weighted by Gasteiger charge is -2.07. The second-order valence-electron chi connectivity index (χ2n) is 7.43. The Kier molecular flexibility index (Phi) is 4.31. The first-order valence-corrected chi connectivity index (χ1v) is 10.6. The molecule has 3 atom stereocenters. The van der Waals surface area contributed by atoms with E-state index in [1.54, 1.807) is 18.3 Å². The Hall–Kier alpha value is -2.20. The Balaban J connectivity index is 1.54. The van der Waals surface area contributed by atoms with Crippen molar-refractivity contribution < 1.29 is 8.42 Å². The molecule has 2 fully saturated rings. The molecule has 4 heteroatoms. The molecule has 0 aromatic heterocycles. The number of nitrogens with zero attached hydrogens (tertiary/aromatic N) is 1. The van der Waals surface area contributed by atoms with Crippen LogP contribution in [-0.4, -0.2) is 14.6 Å². The van der Waals surface area contributed by atoms with Crippen molar-refractivity contribution in [1.82, 2.24) is 0 Å². The molecule has 0 N–H and O–H groups in total. The minimum absolute atomic E-state index is 0.0664. The van der Waals surface area contributed by atoms with Crippen molar-refractivity contribution in [2.45, 2.75) is 31.1 Å². The van der Waals surface area contributed by atoms with Gasteiger partial charge in [0.15, 0.2) is 0 Å². The third-order valence-electron chi connectivity index (χ3n) is 5.81. The predicted molar refractivity (Wildman–Crippen MR) is 106 cm³/mol. The highest BCUT2D eigenvalue weighted by Gasteiger charge is 2.64. The van der Waals surface area contributed by atoms with Crippen LogP contribution in [0.15, 0.2) is 70.0 Å². The van der Waals surface area contributed by atoms with Gasteiger partial charge in [0, 0.05) is 11.6 Å². The molecular formula is C22H23NO2S. The van der Waals surface area contributed by atoms with Crippen molar-refractivity contribution in [2.75, 3.05) is 0 Å². The van der Waals surface area contributed by atoms with E-state index in [1.807, 2.05) is 37.3 Å². The van der Waals surface area contributed by atoms with Crippen molar-refractivity contribution in [1.29, 1.82) is 0 Å². The molecule has 0 saturated heterocycles. The van der Waals surface area contributed by atoms with E-state index in [2.05, 4.69) is 28.7 Å². The van der Waals surface area contributed by atoms with Crippen LogP contribution in [0.25, 0.3) is 6.08 Å². The molecule has 2 aromatic carbocycles. The lowest BCUT2D eigenvalue weighted by atomic mass is 10.0. The third-order valence-corrected chi connectivity index (χ3v) is 7.06. The van der Waals surface area contributed by atoms with E-state index in [1.165, 1.54) is 5.56 Å². The molecule has 2 saturated carbocycles. The summed E-state index contributed by atoms with van der Waals surface area (Å²) in [6.07, 6.45) is 9.45. The number of sulfonamides is 1. The summed E-state index contributed by atoms with van der Waals surface area (Å²) < 4.78 is 29.1. The fourth-order valence-corrected chi connectivity index (χ4v) is 5.22. The second-order valence-corrected chi connectivity index (χ2v) is 9.06. The zero-order valence-electron chi connectivity index (χ0n) is 14.9. The van der Waals surface area contributed by atoms with Gasteiger partial charge in [-0.3, -0.25) is 0 Å². The minimum Gasteiger partial charge on any atom is -0.199 e. The molecule has 0 aliphatic heterocycles. The fourth-order valence-electron chi connectivity index (χ4n) is 4.28. The largest absolute Gasteiger partial charge is 0.281 e. The lowest BCUT2D eigenvalue weighted by molar-refractivity contribution is 0.595. The van der Waals surface area contributed by atoms with Gasteiger partial charge in [-0.25, -0.2) is 0 Å². The molecule has 2 aliphatic rings. The van der Waals surface area contributed by atoms with E-state index in [0.717, 1.165) is 24.8 Å². The second kappa shape index (κ2) is 6.51. The summed E-state index contributed by atoms with van der Waals surface area (Å²) in [5.41, 5.74) is 2.15. The summed E-state index contributed by atoms with van der Waals surface area (Å²) in [6.45, 7) is 1.94. The normalized spacial score (nSPS) is 27.9. The molecule has 0 bridgehead atoms. The Morgan fingerprint density at radius 3 is 2.54 bits per heavy atom. The zero-order chi connectivity index (χ0) is 18.2. The molecule has 0 heterocycles. The molecule has 2 aromatic rings. The molecule has 0 spiro atoms. The summed E-state index contributed by atoms with van der Waals surface area (Å²) in [6, 6.07) is 17.1. The maximum absolute atomic E-state index is 12.5. The molecule has 0 radical (unpaired) electrons. The van der Waals surface area contributed by atoms with E-state index in [0.29, 0.717) is 11.8 Å². The van der Waals surface area contributed by atoms with Gasteiger partial charge in [0.05, 0.1) is 4.90 Å². The maximum atomic E-state index is 12.5. The van der Waals surface area contributed by atoms with Crippen LogP contribution in [0.2, 0.25) is 0 Å². The van der Waals surface area contributed by atoms with Crippen LogP contribution < -0.4 is 0 Å². The Morgan fingerprint density at radius 1 is 1.08 bits per heavy atom. The van der Waals surface area contributed by atoms with E-state index >= 15 is 0 Å². The Bertz CT molecular complexity index is 945. The lowest BCUT2D eigenvalue weighted by Crippen LogP contribution is -2.07. The number of benzene rings is 2. The summed E-state index contributed by atoms with van der Waals surface area (Å²) in [4.78, 5) is 0.266. The van der Waals surface area contributed by atoms with Gasteiger partial charge < -0.3 is 0 Å². The number of fused-ring (bicyclic) bond motifs is 1. The highest BCUT2D eigenvalue weighted by Crippen LogP contribution is 2.68. The van der Waals surface area contributed by atoms with Crippen molar-refractivity contribution in [3.05, 3.63) is 71.8 Å². The maximum Gasteiger partial charge on any atom is 0.281 e. The number of hydrogen-bond donors (Lipinski definition) is 0. The highest BCUT2D eigenvalue weighted by molar-refractivity contribution is 7.90. The molecule has 4 rings (SSSR count). The van der Waals surface area contributed by atoms with Gasteiger partial charge in [0.2, 0.25) is 0 Å². The first kappa shape index (κ1) is 17.2. The number of allylic oxidation sites excluding steroid dienone is 1. The topological polar surface area (TPSA) is 46.5 Å². The van der Waals surface area contributed by atoms with E-state index < -0.39 is 10.0 Å². The SMILES string of the molecule is Cc1ccc(S(=O)(=O)/N=C/[C@]23CCC[C@H]2[C@H]3/C=C/c2ccccc2)cc1. The van der Waals surface area contributed by atoms with Crippen LogP contribution in [-0.2, 0) is 10.0 Å². The van der Waals surface area contributed by atoms with Gasteiger partial charge in [0.1, 0.15) is 0 Å². The summed E-state index contributed by atoms with van der Waals surface area (Å²) in [7, 11) is -3.62. The number of hydrogen-bond acceptors (Lipinski definition) is 2. The van der Waals surface area contributed by atoms with Gasteiger partial charge in [-0.15, -0.1) is 0 Å². The first-order chi connectivity index (χ1) is 12.5. The molecule has 0 amide bonds. The quantitative estimate of drug-likeness (QED) is 0.709. The average molecular weight is 365 g/mol. The van der Waals surface area contributed by atoms with Crippen LogP contribution in [0.3, 0.4) is 0 Å². The van der Waals surface area contributed by atoms with Gasteiger partial charge in [-0.1, -0.05) is 66.6 Å².